The number of nitrogens with zero attached hydrogens (tertiary/aromatic N) is 1. The van der Waals surface area contributed by atoms with Gasteiger partial charge in [0.05, 0.1) is 4.90 Å². The van der Waals surface area contributed by atoms with Gasteiger partial charge in [0.15, 0.2) is 0 Å². The molecule has 1 atom stereocenters. The Kier molecular flexibility index (Phi) is 4.70. The Morgan fingerprint density at radius 1 is 1.30 bits per heavy atom. The molecule has 1 aliphatic heterocycles. The molecule has 1 aromatic rings. The lowest BCUT2D eigenvalue weighted by Crippen LogP contribution is -2.40. The number of amides is 1. The Bertz CT molecular complexity index is 686. The van der Waals surface area contributed by atoms with E-state index in [2.05, 4.69) is 10.0 Å². The SMILES string of the molecule is CNCC1CCCN1C(=O)c1cccc(S(=O)(=O)NC2CC2)c1. The first-order valence-electron chi connectivity index (χ1n) is 8.09. The molecular weight excluding hydrogens is 314 g/mol. The molecular formula is C16H23N3O3S. The van der Waals surface area contributed by atoms with Crippen molar-refractivity contribution in [3.63, 3.8) is 0 Å². The molecule has 1 aliphatic carbocycles. The lowest BCUT2D eigenvalue weighted by atomic mass is 10.1. The molecule has 7 heteroatoms. The van der Waals surface area contributed by atoms with Crippen LogP contribution < -0.4 is 10.0 Å². The highest BCUT2D eigenvalue weighted by Gasteiger charge is 2.31. The van der Waals surface area contributed by atoms with Crippen molar-refractivity contribution >= 4 is 15.9 Å². The number of likely N-dealkylation sites (tertiary alicyclic amines) is 1. The summed E-state index contributed by atoms with van der Waals surface area (Å²) in [6, 6.07) is 6.58. The van der Waals surface area contributed by atoms with Crippen LogP contribution in [0.5, 0.6) is 0 Å². The molecule has 0 bridgehead atoms. The van der Waals surface area contributed by atoms with Crippen LogP contribution in [0.3, 0.4) is 0 Å². The smallest absolute Gasteiger partial charge is 0.254 e. The van der Waals surface area contributed by atoms with Crippen molar-refractivity contribution in [3.05, 3.63) is 29.8 Å². The van der Waals surface area contributed by atoms with E-state index in [0.717, 1.165) is 38.8 Å². The van der Waals surface area contributed by atoms with E-state index in [-0.39, 0.29) is 22.9 Å². The molecule has 1 amide bonds. The van der Waals surface area contributed by atoms with Crippen LogP contribution in [-0.4, -0.2) is 51.4 Å². The summed E-state index contributed by atoms with van der Waals surface area (Å²) >= 11 is 0. The molecule has 2 N–H and O–H groups in total. The first-order valence-corrected chi connectivity index (χ1v) is 9.57. The molecule has 1 saturated carbocycles. The third-order valence-corrected chi connectivity index (χ3v) is 5.89. The van der Waals surface area contributed by atoms with E-state index in [9.17, 15) is 13.2 Å². The van der Waals surface area contributed by atoms with Gasteiger partial charge < -0.3 is 10.2 Å². The number of nitrogens with one attached hydrogen (secondary N) is 2. The van der Waals surface area contributed by atoms with Gasteiger partial charge in [0.25, 0.3) is 5.91 Å². The number of carbonyl (C=O) groups excluding carboxylic acids is 1. The first kappa shape index (κ1) is 16.4. The van der Waals surface area contributed by atoms with Gasteiger partial charge >= 0.3 is 0 Å². The van der Waals surface area contributed by atoms with Gasteiger partial charge in [0.2, 0.25) is 10.0 Å². The summed E-state index contributed by atoms with van der Waals surface area (Å²) in [4.78, 5) is 14.7. The fourth-order valence-corrected chi connectivity index (χ4v) is 4.35. The van der Waals surface area contributed by atoms with Crippen molar-refractivity contribution in [2.24, 2.45) is 0 Å². The standard InChI is InChI=1S/C16H23N3O3S/c1-17-11-14-5-3-9-19(14)16(20)12-4-2-6-15(10-12)23(21,22)18-13-7-8-13/h2,4,6,10,13-14,17-18H,3,5,7-9,11H2,1H3. The average Bonchev–Trinajstić information content (AvgIpc) is 3.21. The molecule has 1 saturated heterocycles. The van der Waals surface area contributed by atoms with Gasteiger partial charge in [-0.3, -0.25) is 4.79 Å². The average molecular weight is 337 g/mol. The molecule has 2 fully saturated rings. The van der Waals surface area contributed by atoms with Crippen molar-refractivity contribution in [1.82, 2.24) is 14.9 Å². The number of carbonyl (C=O) groups is 1. The van der Waals surface area contributed by atoms with E-state index in [0.29, 0.717) is 5.56 Å². The van der Waals surface area contributed by atoms with Gasteiger partial charge in [-0.05, 0) is 50.9 Å². The van der Waals surface area contributed by atoms with Crippen LogP contribution in [0.15, 0.2) is 29.2 Å². The van der Waals surface area contributed by atoms with Crippen molar-refractivity contribution < 1.29 is 13.2 Å². The second kappa shape index (κ2) is 6.59. The molecule has 1 aromatic carbocycles. The minimum Gasteiger partial charge on any atom is -0.334 e. The minimum atomic E-state index is -3.53. The third kappa shape index (κ3) is 3.73. The van der Waals surface area contributed by atoms with Gasteiger partial charge in [-0.15, -0.1) is 0 Å². The number of sulfonamides is 1. The van der Waals surface area contributed by atoms with Gasteiger partial charge in [-0.1, -0.05) is 6.07 Å². The highest BCUT2D eigenvalue weighted by atomic mass is 32.2. The maximum Gasteiger partial charge on any atom is 0.254 e. The van der Waals surface area contributed by atoms with Gasteiger partial charge in [0.1, 0.15) is 0 Å². The molecule has 3 rings (SSSR count). The second-order valence-corrected chi connectivity index (χ2v) is 7.99. The van der Waals surface area contributed by atoms with E-state index >= 15 is 0 Å². The molecule has 0 radical (unpaired) electrons. The largest absolute Gasteiger partial charge is 0.334 e. The predicted molar refractivity (Wildman–Crippen MR) is 87.8 cm³/mol. The summed E-state index contributed by atoms with van der Waals surface area (Å²) in [5, 5.41) is 3.11. The Morgan fingerprint density at radius 3 is 2.78 bits per heavy atom. The van der Waals surface area contributed by atoms with Crippen molar-refractivity contribution in [3.8, 4) is 0 Å². The van der Waals surface area contributed by atoms with Crippen molar-refractivity contribution in [2.75, 3.05) is 20.1 Å². The summed E-state index contributed by atoms with van der Waals surface area (Å²) in [6.07, 6.45) is 3.74. The Hall–Kier alpha value is -1.44. The Morgan fingerprint density at radius 2 is 2.09 bits per heavy atom. The number of rotatable bonds is 6. The zero-order valence-electron chi connectivity index (χ0n) is 13.3. The molecule has 6 nitrogen and oxygen atoms in total. The fourth-order valence-electron chi connectivity index (χ4n) is 3.00. The highest BCUT2D eigenvalue weighted by molar-refractivity contribution is 7.89. The van der Waals surface area contributed by atoms with E-state index < -0.39 is 10.0 Å². The van der Waals surface area contributed by atoms with E-state index in [1.54, 1.807) is 12.1 Å². The van der Waals surface area contributed by atoms with Gasteiger partial charge in [0, 0.05) is 30.7 Å². The van der Waals surface area contributed by atoms with Crippen molar-refractivity contribution in [1.29, 1.82) is 0 Å². The zero-order valence-corrected chi connectivity index (χ0v) is 14.1. The summed E-state index contributed by atoms with van der Waals surface area (Å²) in [5.41, 5.74) is 0.437. The van der Waals surface area contributed by atoms with Gasteiger partial charge in [-0.2, -0.15) is 0 Å². The minimum absolute atomic E-state index is 0.0537. The normalized spacial score (nSPS) is 21.6. The van der Waals surface area contributed by atoms with E-state index in [1.165, 1.54) is 12.1 Å². The summed E-state index contributed by atoms with van der Waals surface area (Å²) < 4.78 is 27.2. The van der Waals surface area contributed by atoms with Crippen LogP contribution in [0.25, 0.3) is 0 Å². The van der Waals surface area contributed by atoms with Crippen LogP contribution in [0.1, 0.15) is 36.0 Å². The number of hydrogen-bond donors (Lipinski definition) is 2. The maximum absolute atomic E-state index is 12.7. The Balaban J connectivity index is 1.80. The van der Waals surface area contributed by atoms with Crippen LogP contribution in [0.2, 0.25) is 0 Å². The van der Waals surface area contributed by atoms with Crippen LogP contribution in [-0.2, 0) is 10.0 Å². The lowest BCUT2D eigenvalue weighted by Gasteiger charge is -2.24. The highest BCUT2D eigenvalue weighted by Crippen LogP contribution is 2.24. The summed E-state index contributed by atoms with van der Waals surface area (Å²) in [6.45, 7) is 1.48. The van der Waals surface area contributed by atoms with Crippen molar-refractivity contribution in [2.45, 2.75) is 42.7 Å². The first-order chi connectivity index (χ1) is 11.0. The van der Waals surface area contributed by atoms with Crippen LogP contribution in [0, 0.1) is 0 Å². The van der Waals surface area contributed by atoms with Gasteiger partial charge in [-0.25, -0.2) is 13.1 Å². The Labute approximate surface area is 137 Å². The van der Waals surface area contributed by atoms with Crippen LogP contribution >= 0.6 is 0 Å². The molecule has 126 valence electrons. The number of hydrogen-bond acceptors (Lipinski definition) is 4. The predicted octanol–water partition coefficient (Wildman–Crippen LogP) is 0.951. The number of likely N-dealkylation sites (N-methyl/N-ethyl adjacent to an activating group) is 1. The second-order valence-electron chi connectivity index (χ2n) is 6.28. The molecule has 23 heavy (non-hydrogen) atoms. The number of benzene rings is 1. The molecule has 0 aromatic heterocycles. The quantitative estimate of drug-likeness (QED) is 0.810. The molecule has 2 aliphatic rings. The molecule has 1 heterocycles. The maximum atomic E-state index is 12.7. The zero-order chi connectivity index (χ0) is 16.4. The summed E-state index contributed by atoms with van der Waals surface area (Å²) in [5.74, 6) is -0.0915. The lowest BCUT2D eigenvalue weighted by molar-refractivity contribution is 0.0737. The summed E-state index contributed by atoms with van der Waals surface area (Å²) in [7, 11) is -1.66. The van der Waals surface area contributed by atoms with E-state index in [1.807, 2.05) is 11.9 Å². The topological polar surface area (TPSA) is 78.5 Å². The van der Waals surface area contributed by atoms with E-state index in [4.69, 9.17) is 0 Å². The fraction of sp³-hybridized carbons (Fsp3) is 0.562. The molecule has 0 spiro atoms. The van der Waals surface area contributed by atoms with Crippen LogP contribution in [0.4, 0.5) is 0 Å². The molecule has 1 unspecified atom stereocenters. The third-order valence-electron chi connectivity index (χ3n) is 4.37. The monoisotopic (exact) mass is 337 g/mol.